The van der Waals surface area contributed by atoms with Gasteiger partial charge in [-0.3, -0.25) is 9.69 Å². The van der Waals surface area contributed by atoms with E-state index < -0.39 is 0 Å². The molecule has 0 bridgehead atoms. The highest BCUT2D eigenvalue weighted by molar-refractivity contribution is 5.82. The molecule has 0 radical (unpaired) electrons. The number of likely N-dealkylation sites (N-methyl/N-ethyl adjacent to an activating group) is 1. The van der Waals surface area contributed by atoms with Crippen molar-refractivity contribution in [2.24, 2.45) is 0 Å². The predicted octanol–water partition coefficient (Wildman–Crippen LogP) is 1.80. The number of rotatable bonds is 5. The highest BCUT2D eigenvalue weighted by Gasteiger charge is 2.32. The summed E-state index contributed by atoms with van der Waals surface area (Å²) in [4.78, 5) is 17.0. The molecule has 0 aliphatic carbocycles. The number of amides is 1. The molecule has 2 atom stereocenters. The minimum atomic E-state index is -0.112. The monoisotopic (exact) mass is 290 g/mol. The van der Waals surface area contributed by atoms with Crippen molar-refractivity contribution < 1.29 is 9.53 Å². The van der Waals surface area contributed by atoms with Crippen molar-refractivity contribution in [2.75, 3.05) is 33.9 Å². The lowest BCUT2D eigenvalue weighted by Crippen LogP contribution is -2.55. The molecule has 1 aromatic carbocycles. The van der Waals surface area contributed by atoms with Crippen molar-refractivity contribution in [2.45, 2.75) is 31.8 Å². The molecule has 0 unspecified atom stereocenters. The van der Waals surface area contributed by atoms with Gasteiger partial charge in [-0.15, -0.1) is 0 Å². The van der Waals surface area contributed by atoms with E-state index in [9.17, 15) is 4.79 Å². The molecule has 0 aromatic heterocycles. The summed E-state index contributed by atoms with van der Waals surface area (Å²) in [6.45, 7) is 4.12. The quantitative estimate of drug-likeness (QED) is 0.829. The Hall–Kier alpha value is -1.39. The van der Waals surface area contributed by atoms with Crippen molar-refractivity contribution in [3.05, 3.63) is 35.9 Å². The van der Waals surface area contributed by atoms with Gasteiger partial charge >= 0.3 is 0 Å². The predicted molar refractivity (Wildman–Crippen MR) is 84.2 cm³/mol. The van der Waals surface area contributed by atoms with Crippen LogP contribution in [-0.2, 0) is 16.0 Å². The molecular weight excluding hydrogens is 264 g/mol. The third kappa shape index (κ3) is 4.05. The van der Waals surface area contributed by atoms with E-state index >= 15 is 0 Å². The summed E-state index contributed by atoms with van der Waals surface area (Å²) in [6, 6.07) is 10.3. The van der Waals surface area contributed by atoms with E-state index in [4.69, 9.17) is 4.74 Å². The average Bonchev–Trinajstić information content (AvgIpc) is 2.52. The zero-order valence-electron chi connectivity index (χ0n) is 13.3. The Kier molecular flexibility index (Phi) is 5.76. The maximum absolute atomic E-state index is 12.9. The lowest BCUT2D eigenvalue weighted by atomic mass is 10.0. The molecule has 0 spiro atoms. The fourth-order valence-corrected chi connectivity index (χ4v) is 2.80. The highest BCUT2D eigenvalue weighted by atomic mass is 16.5. The standard InChI is InChI=1S/C17H26N2O2/c1-4-15-13-21-11-10-19(15)17(20)16(18(2)3)12-14-8-6-5-7-9-14/h5-9,15-16H,4,10-13H2,1-3H3/t15-,16-/m0/s1. The van der Waals surface area contributed by atoms with Gasteiger partial charge in [-0.25, -0.2) is 0 Å². The number of carbonyl (C=O) groups is 1. The molecule has 0 N–H and O–H groups in total. The third-order valence-corrected chi connectivity index (χ3v) is 4.16. The second kappa shape index (κ2) is 7.57. The number of benzene rings is 1. The number of hydrogen-bond acceptors (Lipinski definition) is 3. The second-order valence-electron chi connectivity index (χ2n) is 5.84. The van der Waals surface area contributed by atoms with Gasteiger partial charge in [0, 0.05) is 6.54 Å². The Morgan fingerprint density at radius 2 is 2.10 bits per heavy atom. The minimum absolute atomic E-state index is 0.112. The maximum Gasteiger partial charge on any atom is 0.240 e. The molecule has 1 heterocycles. The van der Waals surface area contributed by atoms with Gasteiger partial charge in [-0.2, -0.15) is 0 Å². The Balaban J connectivity index is 2.11. The van der Waals surface area contributed by atoms with E-state index in [1.165, 1.54) is 5.56 Å². The van der Waals surface area contributed by atoms with Gasteiger partial charge in [-0.1, -0.05) is 37.3 Å². The van der Waals surface area contributed by atoms with E-state index in [0.717, 1.165) is 12.8 Å². The van der Waals surface area contributed by atoms with Gasteiger partial charge < -0.3 is 9.64 Å². The molecule has 1 aliphatic heterocycles. The minimum Gasteiger partial charge on any atom is -0.377 e. The van der Waals surface area contributed by atoms with Gasteiger partial charge in [-0.05, 0) is 32.5 Å². The summed E-state index contributed by atoms with van der Waals surface area (Å²) >= 11 is 0. The summed E-state index contributed by atoms with van der Waals surface area (Å²) in [5, 5.41) is 0. The first-order chi connectivity index (χ1) is 10.1. The number of carbonyl (C=O) groups excluding carboxylic acids is 1. The van der Waals surface area contributed by atoms with Crippen LogP contribution in [0.5, 0.6) is 0 Å². The van der Waals surface area contributed by atoms with E-state index in [2.05, 4.69) is 19.1 Å². The summed E-state index contributed by atoms with van der Waals surface area (Å²) in [5.74, 6) is 0.221. The fourth-order valence-electron chi connectivity index (χ4n) is 2.80. The molecule has 1 aromatic rings. The molecular formula is C17H26N2O2. The van der Waals surface area contributed by atoms with Crippen LogP contribution < -0.4 is 0 Å². The molecule has 1 amide bonds. The Morgan fingerprint density at radius 3 is 2.71 bits per heavy atom. The van der Waals surface area contributed by atoms with Gasteiger partial charge in [0.1, 0.15) is 0 Å². The van der Waals surface area contributed by atoms with E-state index in [1.807, 2.05) is 42.1 Å². The average molecular weight is 290 g/mol. The fraction of sp³-hybridized carbons (Fsp3) is 0.588. The van der Waals surface area contributed by atoms with Crippen LogP contribution in [0.1, 0.15) is 18.9 Å². The summed E-state index contributed by atoms with van der Waals surface area (Å²) in [6.07, 6.45) is 1.69. The lowest BCUT2D eigenvalue weighted by Gasteiger charge is -2.38. The topological polar surface area (TPSA) is 32.8 Å². The van der Waals surface area contributed by atoms with Crippen molar-refractivity contribution in [3.8, 4) is 0 Å². The zero-order valence-corrected chi connectivity index (χ0v) is 13.3. The van der Waals surface area contributed by atoms with Crippen LogP contribution in [0.3, 0.4) is 0 Å². The first-order valence-corrected chi connectivity index (χ1v) is 7.72. The molecule has 4 heteroatoms. The molecule has 0 saturated carbocycles. The molecule has 116 valence electrons. The first-order valence-electron chi connectivity index (χ1n) is 7.72. The van der Waals surface area contributed by atoms with Crippen LogP contribution in [-0.4, -0.2) is 61.6 Å². The highest BCUT2D eigenvalue weighted by Crippen LogP contribution is 2.16. The van der Waals surface area contributed by atoms with Gasteiger partial charge in [0.2, 0.25) is 5.91 Å². The molecule has 21 heavy (non-hydrogen) atoms. The second-order valence-corrected chi connectivity index (χ2v) is 5.84. The summed E-state index contributed by atoms with van der Waals surface area (Å²) in [5.41, 5.74) is 1.20. The first kappa shape index (κ1) is 16.0. The van der Waals surface area contributed by atoms with Crippen LogP contribution >= 0.6 is 0 Å². The molecule has 4 nitrogen and oxygen atoms in total. The number of morpholine rings is 1. The van der Waals surface area contributed by atoms with Crippen molar-refractivity contribution in [1.29, 1.82) is 0 Å². The normalized spacial score (nSPS) is 20.6. The van der Waals surface area contributed by atoms with E-state index in [1.54, 1.807) is 0 Å². The van der Waals surface area contributed by atoms with Gasteiger partial charge in [0.15, 0.2) is 0 Å². The Bertz CT molecular complexity index is 447. The van der Waals surface area contributed by atoms with Crippen LogP contribution in [0.2, 0.25) is 0 Å². The Labute approximate surface area is 127 Å². The Morgan fingerprint density at radius 1 is 1.38 bits per heavy atom. The smallest absolute Gasteiger partial charge is 0.240 e. The van der Waals surface area contributed by atoms with Crippen molar-refractivity contribution >= 4 is 5.91 Å². The van der Waals surface area contributed by atoms with Crippen LogP contribution in [0.4, 0.5) is 0 Å². The summed E-state index contributed by atoms with van der Waals surface area (Å²) < 4.78 is 5.50. The summed E-state index contributed by atoms with van der Waals surface area (Å²) in [7, 11) is 3.96. The number of hydrogen-bond donors (Lipinski definition) is 0. The lowest BCUT2D eigenvalue weighted by molar-refractivity contribution is -0.144. The zero-order chi connectivity index (χ0) is 15.2. The van der Waals surface area contributed by atoms with Crippen molar-refractivity contribution in [1.82, 2.24) is 9.80 Å². The molecule has 1 saturated heterocycles. The van der Waals surface area contributed by atoms with Gasteiger partial charge in [0.25, 0.3) is 0 Å². The van der Waals surface area contributed by atoms with Crippen LogP contribution in [0, 0.1) is 0 Å². The largest absolute Gasteiger partial charge is 0.377 e. The van der Waals surface area contributed by atoms with Crippen LogP contribution in [0.15, 0.2) is 30.3 Å². The number of nitrogens with zero attached hydrogens (tertiary/aromatic N) is 2. The molecule has 1 aliphatic rings. The number of ether oxygens (including phenoxy) is 1. The third-order valence-electron chi connectivity index (χ3n) is 4.16. The van der Waals surface area contributed by atoms with E-state index in [-0.39, 0.29) is 18.0 Å². The van der Waals surface area contributed by atoms with E-state index in [0.29, 0.717) is 19.8 Å². The van der Waals surface area contributed by atoms with Crippen LogP contribution in [0.25, 0.3) is 0 Å². The maximum atomic E-state index is 12.9. The molecule has 1 fully saturated rings. The molecule has 2 rings (SSSR count). The van der Waals surface area contributed by atoms with Gasteiger partial charge in [0.05, 0.1) is 25.3 Å². The van der Waals surface area contributed by atoms with Crippen molar-refractivity contribution in [3.63, 3.8) is 0 Å². The SMILES string of the molecule is CC[C@H]1COCCN1C(=O)[C@H](Cc1ccccc1)N(C)C.